The van der Waals surface area contributed by atoms with Crippen molar-refractivity contribution < 1.29 is 43.3 Å². The number of fused-ring (bicyclic) bond motifs is 2. The number of amides is 5. The maximum Gasteiger partial charge on any atom is 0.306 e. The number of rotatable bonds is 13. The van der Waals surface area contributed by atoms with Gasteiger partial charge >= 0.3 is 5.97 Å². The molecule has 2 aromatic carbocycles. The van der Waals surface area contributed by atoms with Gasteiger partial charge in [-0.2, -0.15) is 0 Å². The first-order valence-corrected chi connectivity index (χ1v) is 25.7. The van der Waals surface area contributed by atoms with E-state index in [1.165, 1.54) is 25.7 Å². The molecule has 0 radical (unpaired) electrons. The molecule has 4 fully saturated rings. The second-order valence-electron chi connectivity index (χ2n) is 21.6. The van der Waals surface area contributed by atoms with E-state index in [1.54, 1.807) is 37.5 Å². The van der Waals surface area contributed by atoms with E-state index in [2.05, 4.69) is 33.0 Å². The van der Waals surface area contributed by atoms with E-state index >= 15 is 0 Å². The lowest BCUT2D eigenvalue weighted by atomic mass is 9.92. The van der Waals surface area contributed by atoms with Crippen LogP contribution in [0.15, 0.2) is 24.3 Å². The van der Waals surface area contributed by atoms with Crippen molar-refractivity contribution >= 4 is 46.9 Å². The van der Waals surface area contributed by atoms with Crippen LogP contribution < -0.4 is 30.3 Å². The number of aryl methyl sites for hydroxylation is 2. The molecule has 15 heteroatoms. The van der Waals surface area contributed by atoms with Crippen molar-refractivity contribution in [2.75, 3.05) is 36.0 Å². The van der Waals surface area contributed by atoms with Crippen LogP contribution in [0.4, 0.5) is 11.4 Å². The van der Waals surface area contributed by atoms with Gasteiger partial charge in [0.15, 0.2) is 11.2 Å². The molecule has 4 N–H and O–H groups in total. The minimum Gasteiger partial charge on any atom is -0.481 e. The number of carbonyl (C=O) groups is 6. The second kappa shape index (κ2) is 22.3. The van der Waals surface area contributed by atoms with Crippen molar-refractivity contribution in [2.45, 2.75) is 194 Å². The highest BCUT2D eigenvalue weighted by Crippen LogP contribution is 2.42. The number of benzene rings is 2. The number of ether oxygens (including phenoxy) is 2. The van der Waals surface area contributed by atoms with E-state index in [9.17, 15) is 28.8 Å². The third-order valence-electron chi connectivity index (χ3n) is 14.3. The summed E-state index contributed by atoms with van der Waals surface area (Å²) in [5, 5.41) is 11.0. The Kier molecular flexibility index (Phi) is 17.2. The molecular weight excluding hydrogens is 877 g/mol. The summed E-state index contributed by atoms with van der Waals surface area (Å²) >= 11 is 0. The summed E-state index contributed by atoms with van der Waals surface area (Å²) in [7, 11) is 0. The van der Waals surface area contributed by atoms with Crippen LogP contribution in [0.25, 0.3) is 0 Å². The van der Waals surface area contributed by atoms with Crippen molar-refractivity contribution in [1.29, 1.82) is 0 Å². The molecule has 8 rings (SSSR count). The van der Waals surface area contributed by atoms with E-state index in [1.807, 2.05) is 47.9 Å². The average molecular weight is 957 g/mol. The molecule has 5 amide bonds. The SMILES string of the molecule is Cc1cc2c(cc1C(=O)N(C(C)C)C1CCCCC1)N(CCN)C(=O)C(C)(C)O2.Cc1cc2c(cc1C(=O)N(C(C)C)C1CCCCC1)N(CCNC(=O)C1CC1)C(=O)C(C)(C)O2.O=C(O)C1CC1. The van der Waals surface area contributed by atoms with Crippen LogP contribution in [-0.4, -0.2) is 112 Å². The Balaban J connectivity index is 0.000000204. The molecular formula is C54H80N6O9. The molecule has 0 bridgehead atoms. The van der Waals surface area contributed by atoms with Crippen molar-refractivity contribution in [3.8, 4) is 11.5 Å². The van der Waals surface area contributed by atoms with Gasteiger partial charge in [-0.1, -0.05) is 38.5 Å². The van der Waals surface area contributed by atoms with Gasteiger partial charge in [-0.05, 0) is 156 Å². The molecule has 4 aliphatic carbocycles. The third-order valence-corrected chi connectivity index (χ3v) is 14.3. The number of carboxylic acids is 1. The highest BCUT2D eigenvalue weighted by atomic mass is 16.5. The summed E-state index contributed by atoms with van der Waals surface area (Å²) in [6, 6.07) is 8.17. The summed E-state index contributed by atoms with van der Waals surface area (Å²) in [5.41, 5.74) is 8.01. The van der Waals surface area contributed by atoms with Gasteiger partial charge in [-0.25, -0.2) is 0 Å². The molecule has 0 spiro atoms. The summed E-state index contributed by atoms with van der Waals surface area (Å²) in [4.78, 5) is 82.9. The molecule has 2 aromatic rings. The van der Waals surface area contributed by atoms with Crippen LogP contribution >= 0.6 is 0 Å². The predicted molar refractivity (Wildman–Crippen MR) is 268 cm³/mol. The minimum atomic E-state index is -1.02. The standard InChI is InChI=1S/C27H39N3O4.C23H35N3O3.C4H6O2/c1-17(2)30(20-9-7-6-8-10-20)25(32)21-16-22-23(15-18(21)3)34-27(4,5)26(33)29(22)14-13-28-24(31)19-11-12-19;1-15(2)26(17-9-7-6-8-10-17)21(27)18-14-19-20(13-16(18)3)29-23(4,5)22(28)25(19)12-11-24;5-4(6)3-1-2-3/h15-17,19-20H,6-14H2,1-5H3,(H,28,31);13-15,17H,6-12,24H2,1-5H3;3H,1-2H2,(H,5,6). The Hall–Kier alpha value is -5.18. The Morgan fingerprint density at radius 2 is 1.04 bits per heavy atom. The number of nitrogens with two attached hydrogens (primary N) is 1. The smallest absolute Gasteiger partial charge is 0.306 e. The largest absolute Gasteiger partial charge is 0.481 e. The Labute approximate surface area is 410 Å². The zero-order valence-corrected chi connectivity index (χ0v) is 43.1. The maximum atomic E-state index is 13.8. The van der Waals surface area contributed by atoms with Gasteiger partial charge in [0.05, 0.1) is 17.3 Å². The Bertz CT molecular complexity index is 2220. The van der Waals surface area contributed by atoms with Crippen LogP contribution in [0.1, 0.15) is 177 Å². The van der Waals surface area contributed by atoms with Gasteiger partial charge < -0.3 is 45.2 Å². The van der Waals surface area contributed by atoms with Gasteiger partial charge in [-0.3, -0.25) is 28.8 Å². The molecule has 2 aliphatic heterocycles. The van der Waals surface area contributed by atoms with Crippen molar-refractivity contribution in [3.05, 3.63) is 46.5 Å². The molecule has 0 aromatic heterocycles. The number of nitrogens with zero attached hydrogens (tertiary/aromatic N) is 4. The number of carbonyl (C=O) groups excluding carboxylic acids is 5. The van der Waals surface area contributed by atoms with E-state index in [-0.39, 0.29) is 65.5 Å². The molecule has 6 aliphatic rings. The zero-order chi connectivity index (χ0) is 50.5. The average Bonchev–Trinajstić information content (AvgIpc) is 4.22. The first kappa shape index (κ1) is 53.2. The number of hydrogen-bond donors (Lipinski definition) is 3. The van der Waals surface area contributed by atoms with E-state index < -0.39 is 17.2 Å². The van der Waals surface area contributed by atoms with Crippen LogP contribution in [0.2, 0.25) is 0 Å². The predicted octanol–water partition coefficient (Wildman–Crippen LogP) is 8.33. The highest BCUT2D eigenvalue weighted by Gasteiger charge is 2.44. The lowest BCUT2D eigenvalue weighted by Crippen LogP contribution is -2.54. The normalized spacial score (nSPS) is 19.7. The van der Waals surface area contributed by atoms with Gasteiger partial charge in [-0.15, -0.1) is 0 Å². The van der Waals surface area contributed by atoms with Gasteiger partial charge in [0.2, 0.25) is 5.91 Å². The van der Waals surface area contributed by atoms with Crippen LogP contribution in [0.5, 0.6) is 11.5 Å². The van der Waals surface area contributed by atoms with E-state index in [0.29, 0.717) is 60.2 Å². The molecule has 380 valence electrons. The number of nitrogens with one attached hydrogen (secondary N) is 1. The quantitative estimate of drug-likeness (QED) is 0.176. The van der Waals surface area contributed by atoms with Gasteiger partial charge in [0.25, 0.3) is 23.6 Å². The zero-order valence-electron chi connectivity index (χ0n) is 43.1. The number of hydrogen-bond acceptors (Lipinski definition) is 9. The lowest BCUT2D eigenvalue weighted by Gasteiger charge is -2.40. The molecule has 0 unspecified atom stereocenters. The van der Waals surface area contributed by atoms with Gasteiger partial charge in [0, 0.05) is 67.4 Å². The fraction of sp³-hybridized carbons (Fsp3) is 0.667. The van der Waals surface area contributed by atoms with E-state index in [4.69, 9.17) is 20.3 Å². The van der Waals surface area contributed by atoms with Crippen LogP contribution in [0, 0.1) is 25.7 Å². The summed E-state index contributed by atoms with van der Waals surface area (Å²) in [6.07, 6.45) is 15.0. The second-order valence-corrected chi connectivity index (χ2v) is 21.6. The van der Waals surface area contributed by atoms with Crippen LogP contribution in [0.3, 0.4) is 0 Å². The monoisotopic (exact) mass is 957 g/mol. The summed E-state index contributed by atoms with van der Waals surface area (Å²) < 4.78 is 12.1. The molecule has 2 heterocycles. The number of anilines is 2. The Morgan fingerprint density at radius 1 is 0.652 bits per heavy atom. The molecule has 0 atom stereocenters. The van der Waals surface area contributed by atoms with Gasteiger partial charge in [0.1, 0.15) is 11.5 Å². The topological polar surface area (TPSA) is 192 Å². The minimum absolute atomic E-state index is 0.0152. The number of carboxylic acid groups (broad SMARTS) is 1. The molecule has 0 saturated heterocycles. The highest BCUT2D eigenvalue weighted by molar-refractivity contribution is 6.06. The molecule has 69 heavy (non-hydrogen) atoms. The van der Waals surface area contributed by atoms with Crippen molar-refractivity contribution in [3.63, 3.8) is 0 Å². The number of aliphatic carboxylic acids is 1. The van der Waals surface area contributed by atoms with Crippen molar-refractivity contribution in [2.24, 2.45) is 17.6 Å². The molecule has 15 nitrogen and oxygen atoms in total. The summed E-state index contributed by atoms with van der Waals surface area (Å²) in [5.74, 6) is 0.546. The van der Waals surface area contributed by atoms with Crippen LogP contribution in [-0.2, 0) is 19.2 Å². The van der Waals surface area contributed by atoms with E-state index in [0.717, 1.165) is 75.3 Å². The first-order valence-electron chi connectivity index (χ1n) is 25.7. The fourth-order valence-electron chi connectivity index (χ4n) is 10.2. The third kappa shape index (κ3) is 12.6. The lowest BCUT2D eigenvalue weighted by molar-refractivity contribution is -0.138. The summed E-state index contributed by atoms with van der Waals surface area (Å²) in [6.45, 7) is 20.7. The Morgan fingerprint density at radius 3 is 1.38 bits per heavy atom. The first-order chi connectivity index (χ1) is 32.6. The maximum absolute atomic E-state index is 13.8. The molecule has 4 saturated carbocycles. The fourth-order valence-corrected chi connectivity index (χ4v) is 10.2. The van der Waals surface area contributed by atoms with Crippen molar-refractivity contribution in [1.82, 2.24) is 15.1 Å².